The lowest BCUT2D eigenvalue weighted by atomic mass is 10.1. The molecular weight excluding hydrogens is 400 g/mol. The maximum absolute atomic E-state index is 13.1. The molecule has 0 spiro atoms. The van der Waals surface area contributed by atoms with Crippen LogP contribution in [-0.4, -0.2) is 31.2 Å². The quantitative estimate of drug-likeness (QED) is 0.774. The fourth-order valence-corrected chi connectivity index (χ4v) is 4.69. The van der Waals surface area contributed by atoms with Crippen LogP contribution in [0.3, 0.4) is 0 Å². The third kappa shape index (κ3) is 4.17. The Kier molecular flexibility index (Phi) is 5.44. The summed E-state index contributed by atoms with van der Waals surface area (Å²) in [5.74, 6) is -1.32. The van der Waals surface area contributed by atoms with Gasteiger partial charge in [0.2, 0.25) is 15.9 Å². The Morgan fingerprint density at radius 2 is 1.79 bits per heavy atom. The highest BCUT2D eigenvalue weighted by Gasteiger charge is 2.39. The number of sulfonamides is 1. The summed E-state index contributed by atoms with van der Waals surface area (Å²) in [6.45, 7) is 0.0837. The van der Waals surface area contributed by atoms with Crippen LogP contribution in [-0.2, 0) is 21.0 Å². The van der Waals surface area contributed by atoms with Crippen LogP contribution in [0.5, 0.6) is 0 Å². The Morgan fingerprint density at radius 3 is 2.43 bits per heavy atom. The van der Waals surface area contributed by atoms with Crippen molar-refractivity contribution in [2.75, 3.05) is 11.9 Å². The summed E-state index contributed by atoms with van der Waals surface area (Å²) in [5.41, 5.74) is -1.00. The van der Waals surface area contributed by atoms with Gasteiger partial charge in [-0.2, -0.15) is 17.5 Å². The van der Waals surface area contributed by atoms with E-state index < -0.39 is 39.5 Å². The van der Waals surface area contributed by atoms with Gasteiger partial charge in [0.05, 0.1) is 10.5 Å². The Balaban J connectivity index is 1.81. The lowest BCUT2D eigenvalue weighted by Crippen LogP contribution is -2.43. The minimum atomic E-state index is -4.56. The minimum Gasteiger partial charge on any atom is -0.325 e. The molecule has 5 nitrogen and oxygen atoms in total. The average molecular weight is 416 g/mol. The fourth-order valence-electron chi connectivity index (χ4n) is 3.03. The molecule has 1 N–H and O–H groups in total. The Morgan fingerprint density at radius 1 is 1.11 bits per heavy atom. The van der Waals surface area contributed by atoms with E-state index in [9.17, 15) is 30.8 Å². The van der Waals surface area contributed by atoms with Crippen molar-refractivity contribution in [3.63, 3.8) is 0 Å². The number of rotatable bonds is 4. The zero-order chi connectivity index (χ0) is 20.5. The summed E-state index contributed by atoms with van der Waals surface area (Å²) >= 11 is 0. The summed E-state index contributed by atoms with van der Waals surface area (Å²) in [5, 5.41) is 2.35. The molecule has 28 heavy (non-hydrogen) atoms. The van der Waals surface area contributed by atoms with Crippen molar-refractivity contribution in [2.45, 2.75) is 30.0 Å². The van der Waals surface area contributed by atoms with Crippen LogP contribution in [0.1, 0.15) is 18.4 Å². The van der Waals surface area contributed by atoms with Gasteiger partial charge in [-0.05, 0) is 55.3 Å². The topological polar surface area (TPSA) is 66.5 Å². The Hall–Kier alpha value is -2.46. The van der Waals surface area contributed by atoms with Crippen molar-refractivity contribution >= 4 is 21.6 Å². The highest BCUT2D eigenvalue weighted by Crippen LogP contribution is 2.31. The molecule has 1 aliphatic heterocycles. The highest BCUT2D eigenvalue weighted by molar-refractivity contribution is 7.89. The predicted octanol–water partition coefficient (Wildman–Crippen LogP) is 3.64. The molecule has 1 atom stereocenters. The molecule has 2 aromatic carbocycles. The predicted molar refractivity (Wildman–Crippen MR) is 93.4 cm³/mol. The number of benzene rings is 2. The lowest BCUT2D eigenvalue weighted by molar-refractivity contribution is -0.137. The van der Waals surface area contributed by atoms with E-state index in [2.05, 4.69) is 5.32 Å². The second-order valence-corrected chi connectivity index (χ2v) is 8.19. The average Bonchev–Trinajstić information content (AvgIpc) is 3.12. The second kappa shape index (κ2) is 7.51. The number of amides is 1. The number of carbonyl (C=O) groups is 1. The van der Waals surface area contributed by atoms with E-state index in [4.69, 9.17) is 0 Å². The number of nitrogens with one attached hydrogen (secondary N) is 1. The van der Waals surface area contributed by atoms with E-state index in [1.807, 2.05) is 0 Å². The van der Waals surface area contributed by atoms with Crippen LogP contribution in [0, 0.1) is 5.82 Å². The zero-order valence-electron chi connectivity index (χ0n) is 14.4. The zero-order valence-corrected chi connectivity index (χ0v) is 15.2. The Labute approximate surface area is 159 Å². The number of halogens is 4. The molecule has 0 bridgehead atoms. The smallest absolute Gasteiger partial charge is 0.325 e. The van der Waals surface area contributed by atoms with E-state index in [1.165, 1.54) is 6.07 Å². The van der Waals surface area contributed by atoms with Crippen LogP contribution < -0.4 is 5.32 Å². The first-order valence-electron chi connectivity index (χ1n) is 8.34. The Bertz CT molecular complexity index is 975. The van der Waals surface area contributed by atoms with Crippen molar-refractivity contribution in [3.8, 4) is 0 Å². The van der Waals surface area contributed by atoms with Crippen molar-refractivity contribution in [3.05, 3.63) is 59.9 Å². The maximum atomic E-state index is 13.1. The van der Waals surface area contributed by atoms with E-state index in [0.29, 0.717) is 6.42 Å². The fraction of sp³-hybridized carbons (Fsp3) is 0.278. The van der Waals surface area contributed by atoms with Gasteiger partial charge in [0.25, 0.3) is 0 Å². The molecular formula is C18H16F4N2O3S. The van der Waals surface area contributed by atoms with Gasteiger partial charge >= 0.3 is 6.18 Å². The molecule has 3 rings (SSSR count). The van der Waals surface area contributed by atoms with Crippen molar-refractivity contribution in [1.29, 1.82) is 0 Å². The largest absolute Gasteiger partial charge is 0.416 e. The number of alkyl halides is 3. The van der Waals surface area contributed by atoms with Gasteiger partial charge in [-0.3, -0.25) is 4.79 Å². The lowest BCUT2D eigenvalue weighted by Gasteiger charge is -2.23. The molecule has 0 radical (unpaired) electrons. The van der Waals surface area contributed by atoms with Gasteiger partial charge in [-0.15, -0.1) is 0 Å². The van der Waals surface area contributed by atoms with E-state index in [0.717, 1.165) is 46.8 Å². The number of nitrogens with zero attached hydrogens (tertiary/aromatic N) is 1. The molecule has 2 aromatic rings. The van der Waals surface area contributed by atoms with E-state index >= 15 is 0 Å². The monoisotopic (exact) mass is 416 g/mol. The summed E-state index contributed by atoms with van der Waals surface area (Å²) in [6, 6.07) is 7.24. The van der Waals surface area contributed by atoms with Gasteiger partial charge in [-0.1, -0.05) is 6.07 Å². The summed E-state index contributed by atoms with van der Waals surface area (Å²) in [4.78, 5) is 12.4. The third-order valence-corrected chi connectivity index (χ3v) is 6.31. The summed E-state index contributed by atoms with van der Waals surface area (Å²) in [7, 11) is -4.05. The molecule has 1 amide bonds. The van der Waals surface area contributed by atoms with Crippen LogP contribution in [0.15, 0.2) is 53.4 Å². The van der Waals surface area contributed by atoms with Gasteiger partial charge in [-0.25, -0.2) is 12.8 Å². The SMILES string of the molecule is O=C(Nc1cccc(C(F)(F)F)c1)[C@@H]1CCCN1S(=O)(=O)c1ccc(F)cc1. The number of carbonyl (C=O) groups excluding carboxylic acids is 1. The molecule has 1 fully saturated rings. The molecule has 150 valence electrons. The number of hydrogen-bond acceptors (Lipinski definition) is 3. The third-order valence-electron chi connectivity index (χ3n) is 4.38. The molecule has 1 heterocycles. The minimum absolute atomic E-state index is 0.0779. The van der Waals surface area contributed by atoms with Crippen LogP contribution in [0.4, 0.5) is 23.2 Å². The molecule has 0 aromatic heterocycles. The first-order chi connectivity index (χ1) is 13.1. The molecule has 0 saturated carbocycles. The number of anilines is 1. The van der Waals surface area contributed by atoms with Gasteiger partial charge in [0, 0.05) is 12.2 Å². The van der Waals surface area contributed by atoms with Crippen molar-refractivity contribution in [2.24, 2.45) is 0 Å². The highest BCUT2D eigenvalue weighted by atomic mass is 32.2. The normalized spacial score (nSPS) is 18.2. The van der Waals surface area contributed by atoms with Gasteiger partial charge in [0.15, 0.2) is 0 Å². The molecule has 1 aliphatic rings. The first kappa shape index (κ1) is 20.3. The van der Waals surface area contributed by atoms with Crippen LogP contribution >= 0.6 is 0 Å². The van der Waals surface area contributed by atoms with Crippen LogP contribution in [0.2, 0.25) is 0 Å². The molecule has 1 saturated heterocycles. The number of hydrogen-bond donors (Lipinski definition) is 1. The molecule has 0 unspecified atom stereocenters. The maximum Gasteiger partial charge on any atom is 0.416 e. The van der Waals surface area contributed by atoms with Gasteiger partial charge in [0.1, 0.15) is 11.9 Å². The first-order valence-corrected chi connectivity index (χ1v) is 9.78. The van der Waals surface area contributed by atoms with Crippen molar-refractivity contribution in [1.82, 2.24) is 4.31 Å². The van der Waals surface area contributed by atoms with Gasteiger partial charge < -0.3 is 5.32 Å². The van der Waals surface area contributed by atoms with E-state index in [-0.39, 0.29) is 23.5 Å². The summed E-state index contributed by atoms with van der Waals surface area (Å²) < 4.78 is 78.0. The van der Waals surface area contributed by atoms with E-state index in [1.54, 1.807) is 0 Å². The molecule has 0 aliphatic carbocycles. The standard InChI is InChI=1S/C18H16F4N2O3S/c19-13-6-8-15(9-7-13)28(26,27)24-10-2-5-16(24)17(25)23-14-4-1-3-12(11-14)18(20,21)22/h1,3-4,6-9,11,16H,2,5,10H2,(H,23,25)/t16-/m0/s1. The van der Waals surface area contributed by atoms with Crippen LogP contribution in [0.25, 0.3) is 0 Å². The molecule has 10 heteroatoms. The summed E-state index contributed by atoms with van der Waals surface area (Å²) in [6.07, 6.45) is -3.92. The van der Waals surface area contributed by atoms with Crippen molar-refractivity contribution < 1.29 is 30.8 Å². The second-order valence-electron chi connectivity index (χ2n) is 6.30.